The van der Waals surface area contributed by atoms with Crippen LogP contribution >= 0.6 is 0 Å². The van der Waals surface area contributed by atoms with Crippen LogP contribution in [0.2, 0.25) is 0 Å². The summed E-state index contributed by atoms with van der Waals surface area (Å²) in [6.07, 6.45) is 0.742. The predicted molar refractivity (Wildman–Crippen MR) is 64.6 cm³/mol. The third-order valence-corrected chi connectivity index (χ3v) is 2.68. The van der Waals surface area contributed by atoms with Gasteiger partial charge >= 0.3 is 0 Å². The van der Waals surface area contributed by atoms with Crippen molar-refractivity contribution in [3.8, 4) is 22.6 Å². The fourth-order valence-corrected chi connectivity index (χ4v) is 1.80. The van der Waals surface area contributed by atoms with Crippen LogP contribution in [0.15, 0.2) is 42.5 Å². The van der Waals surface area contributed by atoms with E-state index in [4.69, 9.17) is 0 Å². The Bertz CT molecular complexity index is 490. The third-order valence-electron chi connectivity index (χ3n) is 2.68. The third kappa shape index (κ3) is 1.74. The van der Waals surface area contributed by atoms with Gasteiger partial charge in [-0.2, -0.15) is 0 Å². The molecule has 2 nitrogen and oxygen atoms in total. The monoisotopic (exact) mass is 214 g/mol. The molecule has 0 unspecified atom stereocenters. The van der Waals surface area contributed by atoms with Gasteiger partial charge in [-0.3, -0.25) is 0 Å². The van der Waals surface area contributed by atoms with E-state index in [-0.39, 0.29) is 11.5 Å². The van der Waals surface area contributed by atoms with E-state index in [9.17, 15) is 10.2 Å². The summed E-state index contributed by atoms with van der Waals surface area (Å²) in [6.45, 7) is 1.97. The molecular weight excluding hydrogens is 200 g/mol. The number of aromatic hydroxyl groups is 2. The Labute approximate surface area is 94.8 Å². The van der Waals surface area contributed by atoms with Crippen LogP contribution in [0.3, 0.4) is 0 Å². The number of phenolic OH excluding ortho intramolecular Hbond substituents is 2. The summed E-state index contributed by atoms with van der Waals surface area (Å²) in [5, 5.41) is 19.9. The van der Waals surface area contributed by atoms with E-state index in [1.54, 1.807) is 12.1 Å². The topological polar surface area (TPSA) is 40.5 Å². The largest absolute Gasteiger partial charge is 0.507 e. The minimum atomic E-state index is 0.112. The number of phenols is 2. The van der Waals surface area contributed by atoms with Crippen LogP contribution in [0.25, 0.3) is 11.1 Å². The van der Waals surface area contributed by atoms with E-state index in [2.05, 4.69) is 0 Å². The highest BCUT2D eigenvalue weighted by Gasteiger charge is 2.12. The molecule has 2 heteroatoms. The average molecular weight is 214 g/mol. The lowest BCUT2D eigenvalue weighted by Crippen LogP contribution is -1.86. The highest BCUT2D eigenvalue weighted by atomic mass is 16.3. The van der Waals surface area contributed by atoms with Crippen LogP contribution in [0.1, 0.15) is 12.5 Å². The molecule has 2 aromatic carbocycles. The van der Waals surface area contributed by atoms with Crippen molar-refractivity contribution in [3.63, 3.8) is 0 Å². The minimum Gasteiger partial charge on any atom is -0.507 e. The van der Waals surface area contributed by atoms with Crippen molar-refractivity contribution in [3.05, 3.63) is 48.0 Å². The molecular formula is C14H14O2. The van der Waals surface area contributed by atoms with Gasteiger partial charge in [-0.15, -0.1) is 0 Å². The molecule has 0 saturated carbocycles. The van der Waals surface area contributed by atoms with Crippen LogP contribution in [0, 0.1) is 0 Å². The van der Waals surface area contributed by atoms with Crippen LogP contribution in [0.4, 0.5) is 0 Å². The zero-order chi connectivity index (χ0) is 11.5. The highest BCUT2D eigenvalue weighted by molar-refractivity contribution is 5.77. The molecule has 0 spiro atoms. The van der Waals surface area contributed by atoms with E-state index in [0.29, 0.717) is 5.56 Å². The first-order valence-corrected chi connectivity index (χ1v) is 5.33. The Hall–Kier alpha value is -1.96. The predicted octanol–water partition coefficient (Wildman–Crippen LogP) is 3.33. The lowest BCUT2D eigenvalue weighted by Gasteiger charge is -2.10. The molecule has 0 atom stereocenters. The van der Waals surface area contributed by atoms with Crippen molar-refractivity contribution in [1.29, 1.82) is 0 Å². The normalized spacial score (nSPS) is 10.3. The maximum atomic E-state index is 10.1. The quantitative estimate of drug-likeness (QED) is 0.805. The number of benzene rings is 2. The van der Waals surface area contributed by atoms with E-state index in [1.807, 2.05) is 37.3 Å². The molecule has 0 bridgehead atoms. The number of aryl methyl sites for hydroxylation is 1. The Balaban J connectivity index is 2.64. The van der Waals surface area contributed by atoms with Gasteiger partial charge in [-0.05, 0) is 23.6 Å². The maximum absolute atomic E-state index is 10.1. The standard InChI is InChI=1S/C14H14O2/c1-2-10-8-9-12(15)13(14(10)16)11-6-4-3-5-7-11/h3-9,15-16H,2H2,1H3. The van der Waals surface area contributed by atoms with Gasteiger partial charge in [0.05, 0.1) is 5.56 Å². The maximum Gasteiger partial charge on any atom is 0.130 e. The lowest BCUT2D eigenvalue weighted by molar-refractivity contribution is 0.450. The molecule has 2 aromatic rings. The van der Waals surface area contributed by atoms with Crippen molar-refractivity contribution in [2.24, 2.45) is 0 Å². The molecule has 0 amide bonds. The average Bonchev–Trinajstić information content (AvgIpc) is 2.31. The molecule has 82 valence electrons. The molecule has 2 rings (SSSR count). The zero-order valence-corrected chi connectivity index (χ0v) is 9.14. The van der Waals surface area contributed by atoms with Gasteiger partial charge < -0.3 is 10.2 Å². The summed E-state index contributed by atoms with van der Waals surface area (Å²) in [4.78, 5) is 0. The molecule has 0 fully saturated rings. The SMILES string of the molecule is CCc1ccc(O)c(-c2ccccc2)c1O. The van der Waals surface area contributed by atoms with Crippen LogP contribution in [-0.4, -0.2) is 10.2 Å². The second kappa shape index (κ2) is 4.27. The van der Waals surface area contributed by atoms with Crippen LogP contribution in [0.5, 0.6) is 11.5 Å². The second-order valence-electron chi connectivity index (χ2n) is 3.69. The highest BCUT2D eigenvalue weighted by Crippen LogP contribution is 2.39. The van der Waals surface area contributed by atoms with Crippen LogP contribution in [-0.2, 0) is 6.42 Å². The van der Waals surface area contributed by atoms with E-state index >= 15 is 0 Å². The number of rotatable bonds is 2. The van der Waals surface area contributed by atoms with Gasteiger partial charge in [-0.25, -0.2) is 0 Å². The van der Waals surface area contributed by atoms with E-state index in [0.717, 1.165) is 17.5 Å². The Morgan fingerprint density at radius 1 is 0.938 bits per heavy atom. The van der Waals surface area contributed by atoms with Gasteiger partial charge in [0.1, 0.15) is 11.5 Å². The molecule has 0 aliphatic rings. The van der Waals surface area contributed by atoms with Crippen molar-refractivity contribution in [1.82, 2.24) is 0 Å². The summed E-state index contributed by atoms with van der Waals surface area (Å²) in [6, 6.07) is 12.8. The summed E-state index contributed by atoms with van der Waals surface area (Å²) in [7, 11) is 0. The smallest absolute Gasteiger partial charge is 0.130 e. The molecule has 0 saturated heterocycles. The molecule has 0 heterocycles. The number of hydrogen-bond donors (Lipinski definition) is 2. The molecule has 16 heavy (non-hydrogen) atoms. The number of hydrogen-bond acceptors (Lipinski definition) is 2. The van der Waals surface area contributed by atoms with E-state index < -0.39 is 0 Å². The van der Waals surface area contributed by atoms with Crippen molar-refractivity contribution in [2.45, 2.75) is 13.3 Å². The second-order valence-corrected chi connectivity index (χ2v) is 3.69. The minimum absolute atomic E-state index is 0.112. The van der Waals surface area contributed by atoms with Gasteiger partial charge in [0.15, 0.2) is 0 Å². The Kier molecular flexibility index (Phi) is 2.82. The zero-order valence-electron chi connectivity index (χ0n) is 9.14. The van der Waals surface area contributed by atoms with Gasteiger partial charge in [0.2, 0.25) is 0 Å². The lowest BCUT2D eigenvalue weighted by atomic mass is 9.99. The molecule has 2 N–H and O–H groups in total. The van der Waals surface area contributed by atoms with Crippen molar-refractivity contribution >= 4 is 0 Å². The first-order valence-electron chi connectivity index (χ1n) is 5.33. The summed E-state index contributed by atoms with van der Waals surface area (Å²) < 4.78 is 0. The Morgan fingerprint density at radius 2 is 1.62 bits per heavy atom. The van der Waals surface area contributed by atoms with Gasteiger partial charge in [0, 0.05) is 0 Å². The molecule has 0 aliphatic carbocycles. The van der Waals surface area contributed by atoms with Crippen LogP contribution < -0.4 is 0 Å². The summed E-state index contributed by atoms with van der Waals surface area (Å²) >= 11 is 0. The first-order chi connectivity index (χ1) is 7.74. The fraction of sp³-hybridized carbons (Fsp3) is 0.143. The van der Waals surface area contributed by atoms with Crippen molar-refractivity contribution < 1.29 is 10.2 Å². The van der Waals surface area contributed by atoms with Crippen molar-refractivity contribution in [2.75, 3.05) is 0 Å². The summed E-state index contributed by atoms with van der Waals surface area (Å²) in [5.41, 5.74) is 2.18. The van der Waals surface area contributed by atoms with E-state index in [1.165, 1.54) is 0 Å². The Morgan fingerprint density at radius 3 is 2.25 bits per heavy atom. The van der Waals surface area contributed by atoms with Gasteiger partial charge in [-0.1, -0.05) is 43.3 Å². The molecule has 0 aromatic heterocycles. The first kappa shape index (κ1) is 10.6. The fourth-order valence-electron chi connectivity index (χ4n) is 1.80. The van der Waals surface area contributed by atoms with Gasteiger partial charge in [0.25, 0.3) is 0 Å². The summed E-state index contributed by atoms with van der Waals surface area (Å²) in [5.74, 6) is 0.287. The molecule has 0 radical (unpaired) electrons. The molecule has 0 aliphatic heterocycles.